The van der Waals surface area contributed by atoms with Crippen LogP contribution in [0, 0.1) is 5.92 Å². The molecule has 1 aromatic rings. The molecule has 2 aliphatic carbocycles. The summed E-state index contributed by atoms with van der Waals surface area (Å²) >= 11 is 0. The van der Waals surface area contributed by atoms with Crippen LogP contribution in [0.3, 0.4) is 0 Å². The summed E-state index contributed by atoms with van der Waals surface area (Å²) in [6.45, 7) is 3.31. The van der Waals surface area contributed by atoms with E-state index in [1.807, 2.05) is 0 Å². The van der Waals surface area contributed by atoms with Crippen molar-refractivity contribution in [1.82, 2.24) is 20.9 Å². The maximum atomic E-state index is 15.1. The van der Waals surface area contributed by atoms with Crippen LogP contribution in [0.4, 0.5) is 4.39 Å². The van der Waals surface area contributed by atoms with Crippen molar-refractivity contribution in [2.45, 2.75) is 102 Å². The van der Waals surface area contributed by atoms with E-state index >= 15 is 4.39 Å². The van der Waals surface area contributed by atoms with E-state index in [0.717, 1.165) is 25.7 Å². The Hall–Kier alpha value is -1.05. The average Bonchev–Trinajstić information content (AvgIpc) is 2.58. The second-order valence-corrected chi connectivity index (χ2v) is 9.70. The van der Waals surface area contributed by atoms with Gasteiger partial charge in [-0.15, -0.1) is 0 Å². The molecule has 6 heteroatoms. The van der Waals surface area contributed by atoms with Crippen LogP contribution in [0.2, 0.25) is 0 Å². The van der Waals surface area contributed by atoms with Gasteiger partial charge in [0, 0.05) is 12.1 Å². The third-order valence-corrected chi connectivity index (χ3v) is 7.11. The second-order valence-electron chi connectivity index (χ2n) is 9.70. The number of rotatable bonds is 8. The highest BCUT2D eigenvalue weighted by Crippen LogP contribution is 2.34. The van der Waals surface area contributed by atoms with Gasteiger partial charge in [-0.25, -0.2) is 4.39 Å². The predicted molar refractivity (Wildman–Crippen MR) is 116 cm³/mol. The predicted octanol–water partition coefficient (Wildman–Crippen LogP) is 3.02. The van der Waals surface area contributed by atoms with Gasteiger partial charge >= 0.3 is 0 Å². The lowest BCUT2D eigenvalue weighted by Crippen LogP contribution is -2.80. The molecule has 0 aromatic heterocycles. The summed E-state index contributed by atoms with van der Waals surface area (Å²) in [4.78, 5) is 2.12. The van der Waals surface area contributed by atoms with Crippen molar-refractivity contribution in [1.29, 1.82) is 0 Å². The highest BCUT2D eigenvalue weighted by molar-refractivity contribution is 5.15. The van der Waals surface area contributed by atoms with Gasteiger partial charge in [0.2, 0.25) is 0 Å². The molecule has 3 aliphatic rings. The number of hydrogen-bond donors (Lipinski definition) is 4. The zero-order chi connectivity index (χ0) is 20.4. The van der Waals surface area contributed by atoms with E-state index in [1.165, 1.54) is 31.2 Å². The third-order valence-electron chi connectivity index (χ3n) is 7.11. The summed E-state index contributed by atoms with van der Waals surface area (Å²) in [5, 5.41) is 10.7. The smallest absolute Gasteiger partial charge is 0.134 e. The van der Waals surface area contributed by atoms with Crippen LogP contribution < -0.4 is 21.7 Å². The van der Waals surface area contributed by atoms with Gasteiger partial charge in [0.1, 0.15) is 18.2 Å². The van der Waals surface area contributed by atoms with Crippen LogP contribution in [0.15, 0.2) is 30.3 Å². The van der Waals surface area contributed by atoms with Gasteiger partial charge in [-0.3, -0.25) is 20.9 Å². The Morgan fingerprint density at radius 3 is 2.38 bits per heavy atom. The molecule has 1 heterocycles. The van der Waals surface area contributed by atoms with Gasteiger partial charge in [0.05, 0.1) is 6.17 Å². The fourth-order valence-electron chi connectivity index (χ4n) is 4.96. The fraction of sp³-hybridized carbons (Fsp3) is 0.739. The van der Waals surface area contributed by atoms with Crippen molar-refractivity contribution in [3.8, 4) is 0 Å². The monoisotopic (exact) mass is 403 g/mol. The van der Waals surface area contributed by atoms with Crippen molar-refractivity contribution < 1.29 is 4.39 Å². The number of nitrogens with zero attached hydrogens (tertiary/aromatic N) is 1. The van der Waals surface area contributed by atoms with Gasteiger partial charge in [0.15, 0.2) is 0 Å². The van der Waals surface area contributed by atoms with Gasteiger partial charge in [-0.2, -0.15) is 0 Å². The summed E-state index contributed by atoms with van der Waals surface area (Å²) in [6.07, 6.45) is 8.50. The molecule has 29 heavy (non-hydrogen) atoms. The molecule has 0 bridgehead atoms. The summed E-state index contributed by atoms with van der Waals surface area (Å²) in [6, 6.07) is 11.4. The lowest BCUT2D eigenvalue weighted by Gasteiger charge is -2.54. The maximum Gasteiger partial charge on any atom is 0.134 e. The van der Waals surface area contributed by atoms with Crippen LogP contribution in [0.25, 0.3) is 0 Å². The number of nitrogens with one attached hydrogen (secondary N) is 3. The Labute approximate surface area is 175 Å². The first-order valence-electron chi connectivity index (χ1n) is 11.5. The molecule has 0 spiro atoms. The Morgan fingerprint density at radius 1 is 1.14 bits per heavy atom. The Morgan fingerprint density at radius 2 is 1.83 bits per heavy atom. The standard InChI is InChI=1S/C23H38FN5/c1-23(2,24)20-27-22(28-21(25)29(20)18-12-7-13-18)26-19(17-10-6-11-17)15-14-16-8-4-3-5-9-16/h3-5,8-9,17-22,26-28H,6-7,10-15,25H2,1-2H3. The zero-order valence-corrected chi connectivity index (χ0v) is 17.9. The van der Waals surface area contributed by atoms with E-state index in [1.54, 1.807) is 13.8 Å². The van der Waals surface area contributed by atoms with Crippen molar-refractivity contribution in [3.05, 3.63) is 35.9 Å². The maximum absolute atomic E-state index is 15.1. The highest BCUT2D eigenvalue weighted by atomic mass is 19.1. The second kappa shape index (κ2) is 8.98. The van der Waals surface area contributed by atoms with E-state index in [2.05, 4.69) is 51.2 Å². The van der Waals surface area contributed by atoms with Gasteiger partial charge < -0.3 is 5.73 Å². The number of hydrogen-bond acceptors (Lipinski definition) is 5. The molecule has 5 N–H and O–H groups in total. The van der Waals surface area contributed by atoms with Crippen LogP contribution in [-0.2, 0) is 6.42 Å². The molecule has 1 aromatic carbocycles. The lowest BCUT2D eigenvalue weighted by atomic mass is 9.78. The molecular weight excluding hydrogens is 365 g/mol. The van der Waals surface area contributed by atoms with Crippen molar-refractivity contribution in [3.63, 3.8) is 0 Å². The highest BCUT2D eigenvalue weighted by Gasteiger charge is 2.46. The molecule has 5 nitrogen and oxygen atoms in total. The molecule has 0 amide bonds. The molecule has 162 valence electrons. The van der Waals surface area contributed by atoms with Crippen LogP contribution in [0.1, 0.15) is 64.4 Å². The first kappa shape index (κ1) is 21.2. The van der Waals surface area contributed by atoms with E-state index in [4.69, 9.17) is 5.73 Å². The van der Waals surface area contributed by atoms with Gasteiger partial charge in [0.25, 0.3) is 0 Å². The van der Waals surface area contributed by atoms with Gasteiger partial charge in [-0.1, -0.05) is 43.2 Å². The summed E-state index contributed by atoms with van der Waals surface area (Å²) < 4.78 is 15.1. The van der Waals surface area contributed by atoms with Crippen molar-refractivity contribution in [2.75, 3.05) is 0 Å². The molecule has 4 rings (SSSR count). The molecule has 0 radical (unpaired) electrons. The van der Waals surface area contributed by atoms with E-state index in [0.29, 0.717) is 18.0 Å². The lowest BCUT2D eigenvalue weighted by molar-refractivity contribution is -0.0981. The number of halogens is 1. The minimum absolute atomic E-state index is 0.178. The van der Waals surface area contributed by atoms with E-state index < -0.39 is 11.8 Å². The molecule has 4 atom stereocenters. The Kier molecular flexibility index (Phi) is 6.56. The minimum atomic E-state index is -1.37. The molecule has 1 aliphatic heterocycles. The summed E-state index contributed by atoms with van der Waals surface area (Å²) in [5.41, 5.74) is 6.50. The number of nitrogens with two attached hydrogens (primary N) is 1. The first-order chi connectivity index (χ1) is 13.9. The first-order valence-corrected chi connectivity index (χ1v) is 11.5. The normalized spacial score (nSPS) is 30.6. The number of alkyl halides is 1. The van der Waals surface area contributed by atoms with Crippen LogP contribution >= 0.6 is 0 Å². The van der Waals surface area contributed by atoms with Crippen molar-refractivity contribution in [2.24, 2.45) is 11.7 Å². The topological polar surface area (TPSA) is 65.3 Å². The summed E-state index contributed by atoms with van der Waals surface area (Å²) in [7, 11) is 0. The van der Waals surface area contributed by atoms with Gasteiger partial charge in [-0.05, 0) is 63.9 Å². The minimum Gasteiger partial charge on any atom is -0.303 e. The number of aryl methyl sites for hydroxylation is 1. The Balaban J connectivity index is 1.41. The molecule has 1 saturated heterocycles. The fourth-order valence-corrected chi connectivity index (χ4v) is 4.96. The van der Waals surface area contributed by atoms with E-state index in [-0.39, 0.29) is 12.6 Å². The quantitative estimate of drug-likeness (QED) is 0.537. The van der Waals surface area contributed by atoms with Crippen LogP contribution in [-0.4, -0.2) is 41.4 Å². The SMILES string of the molecule is CC(C)(F)C1NC(NC(CCc2ccccc2)C2CCC2)NC(N)N1C1CCC1. The van der Waals surface area contributed by atoms with E-state index in [9.17, 15) is 0 Å². The summed E-state index contributed by atoms with van der Waals surface area (Å²) in [5.74, 6) is 0.694. The zero-order valence-electron chi connectivity index (χ0n) is 17.9. The average molecular weight is 404 g/mol. The largest absolute Gasteiger partial charge is 0.303 e. The number of benzene rings is 1. The van der Waals surface area contributed by atoms with Crippen LogP contribution in [0.5, 0.6) is 0 Å². The molecular formula is C23H38FN5. The molecule has 4 unspecified atom stereocenters. The Bertz CT molecular complexity index is 640. The molecule has 3 fully saturated rings. The molecule has 2 saturated carbocycles. The van der Waals surface area contributed by atoms with Crippen molar-refractivity contribution >= 4 is 0 Å². The third kappa shape index (κ3) is 5.00.